The van der Waals surface area contributed by atoms with E-state index in [4.69, 9.17) is 4.98 Å². The lowest BCUT2D eigenvalue weighted by molar-refractivity contribution is 0.0746. The molecule has 2 aliphatic heterocycles. The highest BCUT2D eigenvalue weighted by Crippen LogP contribution is 2.22. The monoisotopic (exact) mass is 407 g/mol. The maximum atomic E-state index is 12.8. The number of aryl methyl sites for hydroxylation is 1. The first-order chi connectivity index (χ1) is 14.5. The molecular weight excluding hydrogens is 378 g/mol. The minimum Gasteiger partial charge on any atom is -0.353 e. The molecule has 2 fully saturated rings. The van der Waals surface area contributed by atoms with Gasteiger partial charge in [-0.3, -0.25) is 9.59 Å². The summed E-state index contributed by atoms with van der Waals surface area (Å²) >= 11 is 0. The Balaban J connectivity index is 1.41. The van der Waals surface area contributed by atoms with E-state index in [2.05, 4.69) is 14.8 Å². The van der Waals surface area contributed by atoms with Crippen molar-refractivity contribution in [1.29, 1.82) is 0 Å². The molecule has 7 nitrogen and oxygen atoms in total. The van der Waals surface area contributed by atoms with Crippen molar-refractivity contribution in [1.82, 2.24) is 14.9 Å². The van der Waals surface area contributed by atoms with Gasteiger partial charge < -0.3 is 14.7 Å². The highest BCUT2D eigenvalue weighted by atomic mass is 16.2. The van der Waals surface area contributed by atoms with Crippen LogP contribution >= 0.6 is 0 Å². The number of amides is 1. The molecule has 7 heteroatoms. The van der Waals surface area contributed by atoms with Crippen LogP contribution in [0.25, 0.3) is 0 Å². The Labute approximate surface area is 177 Å². The fourth-order valence-corrected chi connectivity index (χ4v) is 4.10. The van der Waals surface area contributed by atoms with Gasteiger partial charge in [0, 0.05) is 62.2 Å². The quantitative estimate of drug-likeness (QED) is 0.726. The van der Waals surface area contributed by atoms with E-state index in [1.807, 2.05) is 17.9 Å². The predicted molar refractivity (Wildman–Crippen MR) is 117 cm³/mol. The molecule has 30 heavy (non-hydrogen) atoms. The van der Waals surface area contributed by atoms with Crippen LogP contribution in [0.1, 0.15) is 52.6 Å². The number of nitrogens with zero attached hydrogens (tertiary/aromatic N) is 5. The van der Waals surface area contributed by atoms with Crippen molar-refractivity contribution >= 4 is 23.5 Å². The van der Waals surface area contributed by atoms with E-state index in [1.54, 1.807) is 24.3 Å². The third-order valence-electron chi connectivity index (χ3n) is 5.90. The van der Waals surface area contributed by atoms with E-state index in [-0.39, 0.29) is 11.7 Å². The predicted octanol–water partition coefficient (Wildman–Crippen LogP) is 2.94. The van der Waals surface area contributed by atoms with E-state index < -0.39 is 0 Å². The second-order valence-electron chi connectivity index (χ2n) is 8.13. The minimum atomic E-state index is 0.00619. The molecule has 0 radical (unpaired) electrons. The zero-order chi connectivity index (χ0) is 21.1. The summed E-state index contributed by atoms with van der Waals surface area (Å²) < 4.78 is 0. The maximum absolute atomic E-state index is 12.8. The number of piperidine rings is 1. The van der Waals surface area contributed by atoms with Gasteiger partial charge in [-0.15, -0.1) is 0 Å². The SMILES string of the molecule is CC(=O)c1ccc(C(=O)N2CCN(c3cc(C)nc(N4CCCCC4)n3)CC2)cc1. The van der Waals surface area contributed by atoms with Crippen molar-refractivity contribution in [2.24, 2.45) is 0 Å². The van der Waals surface area contributed by atoms with Crippen LogP contribution in [0.2, 0.25) is 0 Å². The largest absolute Gasteiger partial charge is 0.353 e. The van der Waals surface area contributed by atoms with Gasteiger partial charge in [-0.1, -0.05) is 12.1 Å². The standard InChI is InChI=1S/C23H29N5O2/c1-17-16-21(25-23(24-17)28-10-4-3-5-11-28)26-12-14-27(15-13-26)22(30)20-8-6-19(7-9-20)18(2)29/h6-9,16H,3-5,10-15H2,1-2H3. The molecule has 0 unspecified atom stereocenters. The molecule has 3 heterocycles. The third-order valence-corrected chi connectivity index (χ3v) is 5.90. The summed E-state index contributed by atoms with van der Waals surface area (Å²) in [5.74, 6) is 1.79. The van der Waals surface area contributed by atoms with Gasteiger partial charge in [-0.05, 0) is 45.2 Å². The summed E-state index contributed by atoms with van der Waals surface area (Å²) in [6, 6.07) is 8.95. The maximum Gasteiger partial charge on any atom is 0.253 e. The first-order valence-electron chi connectivity index (χ1n) is 10.8. The molecule has 1 amide bonds. The second-order valence-corrected chi connectivity index (χ2v) is 8.13. The van der Waals surface area contributed by atoms with Crippen molar-refractivity contribution in [3.8, 4) is 0 Å². The zero-order valence-corrected chi connectivity index (χ0v) is 17.8. The van der Waals surface area contributed by atoms with E-state index in [9.17, 15) is 9.59 Å². The molecule has 2 aromatic rings. The molecule has 2 saturated heterocycles. The molecule has 1 aromatic carbocycles. The van der Waals surface area contributed by atoms with Crippen LogP contribution in [0.15, 0.2) is 30.3 Å². The van der Waals surface area contributed by atoms with Crippen LogP contribution in [0.5, 0.6) is 0 Å². The lowest BCUT2D eigenvalue weighted by Gasteiger charge is -2.36. The Morgan fingerprint density at radius 3 is 2.07 bits per heavy atom. The summed E-state index contributed by atoms with van der Waals surface area (Å²) in [5.41, 5.74) is 2.23. The average Bonchev–Trinajstić information content (AvgIpc) is 2.79. The van der Waals surface area contributed by atoms with Crippen molar-refractivity contribution in [2.75, 3.05) is 49.1 Å². The fraction of sp³-hybridized carbons (Fsp3) is 0.478. The molecular formula is C23H29N5O2. The summed E-state index contributed by atoms with van der Waals surface area (Å²) in [7, 11) is 0. The first-order valence-corrected chi connectivity index (χ1v) is 10.8. The van der Waals surface area contributed by atoms with Crippen LogP contribution in [0.3, 0.4) is 0 Å². The lowest BCUT2D eigenvalue weighted by atomic mass is 10.1. The van der Waals surface area contributed by atoms with Crippen molar-refractivity contribution in [2.45, 2.75) is 33.1 Å². The number of rotatable bonds is 4. The summed E-state index contributed by atoms with van der Waals surface area (Å²) in [4.78, 5) is 40.2. The molecule has 0 spiro atoms. The molecule has 1 aromatic heterocycles. The van der Waals surface area contributed by atoms with E-state index in [1.165, 1.54) is 26.2 Å². The molecule has 0 bridgehead atoms. The Hall–Kier alpha value is -2.96. The van der Waals surface area contributed by atoms with Crippen molar-refractivity contribution in [3.63, 3.8) is 0 Å². The molecule has 2 aliphatic rings. The van der Waals surface area contributed by atoms with Crippen molar-refractivity contribution in [3.05, 3.63) is 47.2 Å². The number of anilines is 2. The van der Waals surface area contributed by atoms with Crippen LogP contribution in [0, 0.1) is 6.92 Å². The van der Waals surface area contributed by atoms with Gasteiger partial charge in [0.1, 0.15) is 5.82 Å². The molecule has 0 saturated carbocycles. The number of aromatic nitrogens is 2. The number of benzene rings is 1. The molecule has 4 rings (SSSR count). The molecule has 0 atom stereocenters. The molecule has 0 aliphatic carbocycles. The number of ketones is 1. The van der Waals surface area contributed by atoms with Gasteiger partial charge in [0.25, 0.3) is 5.91 Å². The van der Waals surface area contributed by atoms with Gasteiger partial charge in [0.15, 0.2) is 5.78 Å². The summed E-state index contributed by atoms with van der Waals surface area (Å²) in [6.07, 6.45) is 3.67. The summed E-state index contributed by atoms with van der Waals surface area (Å²) in [6.45, 7) is 8.37. The Kier molecular flexibility index (Phi) is 5.97. The number of hydrogen-bond donors (Lipinski definition) is 0. The van der Waals surface area contributed by atoms with Crippen LogP contribution < -0.4 is 9.80 Å². The lowest BCUT2D eigenvalue weighted by Crippen LogP contribution is -2.49. The average molecular weight is 408 g/mol. The van der Waals surface area contributed by atoms with E-state index >= 15 is 0 Å². The summed E-state index contributed by atoms with van der Waals surface area (Å²) in [5, 5.41) is 0. The number of carbonyl (C=O) groups excluding carboxylic acids is 2. The van der Waals surface area contributed by atoms with Crippen LogP contribution in [-0.4, -0.2) is 65.8 Å². The minimum absolute atomic E-state index is 0.00619. The van der Waals surface area contributed by atoms with Crippen LogP contribution in [0.4, 0.5) is 11.8 Å². The second kappa shape index (κ2) is 8.81. The third kappa shape index (κ3) is 4.45. The zero-order valence-electron chi connectivity index (χ0n) is 17.8. The van der Waals surface area contributed by atoms with Gasteiger partial charge in [-0.2, -0.15) is 4.98 Å². The van der Waals surface area contributed by atoms with E-state index in [0.717, 1.165) is 43.6 Å². The van der Waals surface area contributed by atoms with Crippen LogP contribution in [-0.2, 0) is 0 Å². The number of carbonyl (C=O) groups is 2. The molecule has 0 N–H and O–H groups in total. The van der Waals surface area contributed by atoms with Gasteiger partial charge in [-0.25, -0.2) is 4.98 Å². The highest BCUT2D eigenvalue weighted by Gasteiger charge is 2.24. The normalized spacial score (nSPS) is 17.2. The smallest absolute Gasteiger partial charge is 0.253 e. The first kappa shape index (κ1) is 20.3. The molecule has 158 valence electrons. The highest BCUT2D eigenvalue weighted by molar-refractivity contribution is 5.97. The number of piperazine rings is 1. The topological polar surface area (TPSA) is 69.6 Å². The Morgan fingerprint density at radius 2 is 1.43 bits per heavy atom. The Morgan fingerprint density at radius 1 is 0.800 bits per heavy atom. The van der Waals surface area contributed by atoms with E-state index in [0.29, 0.717) is 24.2 Å². The fourth-order valence-electron chi connectivity index (χ4n) is 4.10. The Bertz CT molecular complexity index is 914. The number of Topliss-reactive ketones (excluding diaryl/α,β-unsaturated/α-hetero) is 1. The van der Waals surface area contributed by atoms with Gasteiger partial charge >= 0.3 is 0 Å². The van der Waals surface area contributed by atoms with Gasteiger partial charge in [0.2, 0.25) is 5.95 Å². The van der Waals surface area contributed by atoms with Crippen molar-refractivity contribution < 1.29 is 9.59 Å². The van der Waals surface area contributed by atoms with Gasteiger partial charge in [0.05, 0.1) is 0 Å². The number of hydrogen-bond acceptors (Lipinski definition) is 6.